The van der Waals surface area contributed by atoms with E-state index in [0.29, 0.717) is 31.2 Å². The summed E-state index contributed by atoms with van der Waals surface area (Å²) in [4.78, 5) is 11.0. The van der Waals surface area contributed by atoms with E-state index in [4.69, 9.17) is 16.3 Å². The van der Waals surface area contributed by atoms with Gasteiger partial charge in [-0.15, -0.1) is 0 Å². The van der Waals surface area contributed by atoms with Gasteiger partial charge in [0.2, 0.25) is 10.0 Å². The Morgan fingerprint density at radius 1 is 1.00 bits per heavy atom. The second-order valence-electron chi connectivity index (χ2n) is 7.32. The average molecular weight is 459 g/mol. The lowest BCUT2D eigenvalue weighted by Gasteiger charge is -2.34. The van der Waals surface area contributed by atoms with Crippen LogP contribution in [-0.4, -0.2) is 56.0 Å². The monoisotopic (exact) mass is 458 g/mol. The Hall–Kier alpha value is -2.68. The summed E-state index contributed by atoms with van der Waals surface area (Å²) < 4.78 is 33.1. The zero-order valence-corrected chi connectivity index (χ0v) is 18.9. The van der Waals surface area contributed by atoms with Crippen LogP contribution in [0.15, 0.2) is 59.8 Å². The van der Waals surface area contributed by atoms with Crippen LogP contribution in [0.2, 0.25) is 5.02 Å². The molecule has 0 amide bonds. The van der Waals surface area contributed by atoms with Gasteiger partial charge in [-0.1, -0.05) is 35.4 Å². The molecule has 0 aliphatic carbocycles. The van der Waals surface area contributed by atoms with Crippen LogP contribution in [0, 0.1) is 6.92 Å². The van der Waals surface area contributed by atoms with Crippen molar-refractivity contribution in [1.29, 1.82) is 0 Å². The van der Waals surface area contributed by atoms with E-state index in [0.717, 1.165) is 22.6 Å². The minimum atomic E-state index is -3.72. The normalized spacial score (nSPS) is 15.1. The first-order chi connectivity index (χ1) is 14.9. The number of aromatic nitrogens is 2. The molecule has 162 valence electrons. The molecule has 1 saturated heterocycles. The topological polar surface area (TPSA) is 75.6 Å². The molecule has 1 aliphatic heterocycles. The quantitative estimate of drug-likeness (QED) is 0.581. The summed E-state index contributed by atoms with van der Waals surface area (Å²) in [6.45, 7) is 3.75. The zero-order valence-electron chi connectivity index (χ0n) is 17.3. The smallest absolute Gasteiger partial charge is 0.246 e. The standard InChI is InChI=1S/C22H23ClN4O3S/c1-16-4-3-5-17(12-16)19-14-22(25-15-24-19)26-8-10-27(11-9-26)31(28,29)21-13-18(23)6-7-20(21)30-2/h3-7,12-15H,8-11H2,1-2H3. The molecule has 1 aromatic heterocycles. The summed E-state index contributed by atoms with van der Waals surface area (Å²) in [5.41, 5.74) is 3.03. The average Bonchev–Trinajstić information content (AvgIpc) is 2.79. The molecule has 2 heterocycles. The Balaban J connectivity index is 1.52. The van der Waals surface area contributed by atoms with Crippen LogP contribution < -0.4 is 9.64 Å². The van der Waals surface area contributed by atoms with Crippen LogP contribution in [0.3, 0.4) is 0 Å². The van der Waals surface area contributed by atoms with Crippen molar-refractivity contribution in [2.75, 3.05) is 38.2 Å². The number of methoxy groups -OCH3 is 1. The fourth-order valence-corrected chi connectivity index (χ4v) is 5.47. The van der Waals surface area contributed by atoms with E-state index >= 15 is 0 Å². The highest BCUT2D eigenvalue weighted by molar-refractivity contribution is 7.89. The maximum atomic E-state index is 13.2. The van der Waals surface area contributed by atoms with Crippen LogP contribution in [0.1, 0.15) is 5.56 Å². The third-order valence-electron chi connectivity index (χ3n) is 5.27. The summed E-state index contributed by atoms with van der Waals surface area (Å²) in [5.74, 6) is 1.06. The van der Waals surface area contributed by atoms with Gasteiger partial charge < -0.3 is 9.64 Å². The van der Waals surface area contributed by atoms with E-state index in [9.17, 15) is 8.42 Å². The highest BCUT2D eigenvalue weighted by Crippen LogP contribution is 2.30. The Bertz CT molecular complexity index is 1190. The largest absolute Gasteiger partial charge is 0.495 e. The van der Waals surface area contributed by atoms with Gasteiger partial charge in [-0.25, -0.2) is 18.4 Å². The number of nitrogens with zero attached hydrogens (tertiary/aromatic N) is 4. The molecule has 7 nitrogen and oxygen atoms in total. The fraction of sp³-hybridized carbons (Fsp3) is 0.273. The molecule has 0 atom stereocenters. The number of aryl methyl sites for hydroxylation is 1. The SMILES string of the molecule is COc1ccc(Cl)cc1S(=O)(=O)N1CCN(c2cc(-c3cccc(C)c3)ncn2)CC1. The molecule has 3 aromatic rings. The summed E-state index contributed by atoms with van der Waals surface area (Å²) in [7, 11) is -2.28. The molecule has 9 heteroatoms. The molecule has 1 fully saturated rings. The molecule has 0 bridgehead atoms. The lowest BCUT2D eigenvalue weighted by molar-refractivity contribution is 0.373. The molecule has 2 aromatic carbocycles. The van der Waals surface area contributed by atoms with Crippen molar-refractivity contribution in [3.8, 4) is 17.0 Å². The third kappa shape index (κ3) is 4.51. The molecular weight excluding hydrogens is 436 g/mol. The van der Waals surface area contributed by atoms with Crippen LogP contribution in [-0.2, 0) is 10.0 Å². The Kier molecular flexibility index (Phi) is 6.13. The van der Waals surface area contributed by atoms with Crippen molar-refractivity contribution in [2.24, 2.45) is 0 Å². The lowest BCUT2D eigenvalue weighted by Crippen LogP contribution is -2.49. The molecule has 0 N–H and O–H groups in total. The molecule has 0 saturated carbocycles. The first-order valence-corrected chi connectivity index (χ1v) is 11.7. The highest BCUT2D eigenvalue weighted by Gasteiger charge is 2.31. The maximum absolute atomic E-state index is 13.2. The number of hydrogen-bond acceptors (Lipinski definition) is 6. The van der Waals surface area contributed by atoms with E-state index in [1.54, 1.807) is 18.5 Å². The second-order valence-corrected chi connectivity index (χ2v) is 9.66. The Morgan fingerprint density at radius 3 is 2.48 bits per heavy atom. The van der Waals surface area contributed by atoms with Gasteiger partial charge in [0, 0.05) is 42.8 Å². The number of anilines is 1. The summed E-state index contributed by atoms with van der Waals surface area (Å²) in [5, 5.41) is 0.350. The van der Waals surface area contributed by atoms with Gasteiger partial charge in [0.15, 0.2) is 0 Å². The predicted octanol–water partition coefficient (Wildman–Crippen LogP) is 3.62. The van der Waals surface area contributed by atoms with Gasteiger partial charge in [-0.05, 0) is 31.2 Å². The lowest BCUT2D eigenvalue weighted by atomic mass is 10.1. The van der Waals surface area contributed by atoms with Crippen LogP contribution >= 0.6 is 11.6 Å². The molecule has 0 spiro atoms. The minimum absolute atomic E-state index is 0.0831. The van der Waals surface area contributed by atoms with Gasteiger partial charge in [0.25, 0.3) is 0 Å². The van der Waals surface area contributed by atoms with Crippen molar-refractivity contribution in [3.63, 3.8) is 0 Å². The fourth-order valence-electron chi connectivity index (χ4n) is 3.63. The summed E-state index contributed by atoms with van der Waals surface area (Å²) in [6, 6.07) is 14.7. The summed E-state index contributed by atoms with van der Waals surface area (Å²) in [6.07, 6.45) is 1.55. The number of rotatable bonds is 5. The minimum Gasteiger partial charge on any atom is -0.495 e. The van der Waals surface area contributed by atoms with Gasteiger partial charge in [0.1, 0.15) is 22.8 Å². The van der Waals surface area contributed by atoms with Gasteiger partial charge in [-0.2, -0.15) is 4.31 Å². The zero-order chi connectivity index (χ0) is 22.0. The molecule has 0 unspecified atom stereocenters. The first kappa shape index (κ1) is 21.5. The number of ether oxygens (including phenoxy) is 1. The van der Waals surface area contributed by atoms with Crippen molar-refractivity contribution >= 4 is 27.4 Å². The van der Waals surface area contributed by atoms with E-state index < -0.39 is 10.0 Å². The molecule has 0 radical (unpaired) electrons. The number of piperazine rings is 1. The molecule has 31 heavy (non-hydrogen) atoms. The predicted molar refractivity (Wildman–Crippen MR) is 121 cm³/mol. The first-order valence-electron chi connectivity index (χ1n) is 9.86. The molecule has 1 aliphatic rings. The number of halogens is 1. The number of sulfonamides is 1. The summed E-state index contributed by atoms with van der Waals surface area (Å²) >= 11 is 6.04. The van der Waals surface area contributed by atoms with Crippen molar-refractivity contribution in [1.82, 2.24) is 14.3 Å². The van der Waals surface area contributed by atoms with E-state index in [-0.39, 0.29) is 10.6 Å². The van der Waals surface area contributed by atoms with Crippen LogP contribution in [0.4, 0.5) is 5.82 Å². The number of benzene rings is 2. The Morgan fingerprint density at radius 2 is 1.77 bits per heavy atom. The molecular formula is C22H23ClN4O3S. The maximum Gasteiger partial charge on any atom is 0.246 e. The van der Waals surface area contributed by atoms with E-state index in [2.05, 4.69) is 20.9 Å². The van der Waals surface area contributed by atoms with Crippen molar-refractivity contribution in [2.45, 2.75) is 11.8 Å². The van der Waals surface area contributed by atoms with Gasteiger partial charge in [-0.3, -0.25) is 0 Å². The van der Waals surface area contributed by atoms with Gasteiger partial charge in [0.05, 0.1) is 12.8 Å². The molecule has 4 rings (SSSR count). The highest BCUT2D eigenvalue weighted by atomic mass is 35.5. The van der Waals surface area contributed by atoms with E-state index in [1.165, 1.54) is 17.5 Å². The third-order valence-corrected chi connectivity index (χ3v) is 7.43. The van der Waals surface area contributed by atoms with E-state index in [1.807, 2.05) is 31.2 Å². The number of hydrogen-bond donors (Lipinski definition) is 0. The van der Waals surface area contributed by atoms with Crippen molar-refractivity contribution in [3.05, 3.63) is 65.4 Å². The van der Waals surface area contributed by atoms with Crippen molar-refractivity contribution < 1.29 is 13.2 Å². The van der Waals surface area contributed by atoms with Crippen LogP contribution in [0.5, 0.6) is 5.75 Å². The Labute approximate surface area is 187 Å². The van der Waals surface area contributed by atoms with Crippen LogP contribution in [0.25, 0.3) is 11.3 Å². The second kappa shape index (κ2) is 8.82. The van der Waals surface area contributed by atoms with Gasteiger partial charge >= 0.3 is 0 Å².